The molecule has 2 radical (unpaired) electrons. The monoisotopic (exact) mass is 565 g/mol. The smallest absolute Gasteiger partial charge is 0.858 e. The van der Waals surface area contributed by atoms with E-state index in [1.165, 1.54) is 30.5 Å². The number of furan rings is 1. The predicted molar refractivity (Wildman–Crippen MR) is 131 cm³/mol. The van der Waals surface area contributed by atoms with Gasteiger partial charge < -0.3 is 14.6 Å². The van der Waals surface area contributed by atoms with Gasteiger partial charge in [-0.1, -0.05) is 24.3 Å². The number of hydrogen-bond acceptors (Lipinski definition) is 7. The molecule has 5 rings (SSSR count). The molecule has 1 aromatic heterocycles. The Morgan fingerprint density at radius 2 is 1.97 bits per heavy atom. The Morgan fingerprint density at radius 3 is 2.50 bits per heavy atom. The van der Waals surface area contributed by atoms with E-state index in [2.05, 4.69) is 20.6 Å². The van der Waals surface area contributed by atoms with Gasteiger partial charge in [-0.15, -0.1) is 12.8 Å². The Hall–Kier alpha value is -3.73. The van der Waals surface area contributed by atoms with Crippen LogP contribution in [0.2, 0.25) is 0 Å². The maximum absolute atomic E-state index is 13.7. The molecule has 2 aliphatic heterocycles. The largest absolute Gasteiger partial charge is 2.00 e. The van der Waals surface area contributed by atoms with Crippen molar-refractivity contribution < 1.29 is 44.9 Å². The van der Waals surface area contributed by atoms with Gasteiger partial charge in [-0.05, 0) is 42.7 Å². The molecule has 0 bridgehead atoms. The minimum Gasteiger partial charge on any atom is -0.858 e. The predicted octanol–water partition coefficient (Wildman–Crippen LogP) is 3.62. The van der Waals surface area contributed by atoms with Gasteiger partial charge in [0.1, 0.15) is 11.5 Å². The molecule has 2 aliphatic carbocycles. The zero-order valence-corrected chi connectivity index (χ0v) is 21.0. The first-order valence-corrected chi connectivity index (χ1v) is 11.1. The van der Waals surface area contributed by atoms with Gasteiger partial charge in [-0.3, -0.25) is 5.43 Å². The number of aliphatic imine (C=N–C) groups is 1. The van der Waals surface area contributed by atoms with Crippen molar-refractivity contribution in [3.8, 4) is 0 Å². The Balaban J connectivity index is 0.000000598. The van der Waals surface area contributed by atoms with Crippen LogP contribution in [0.3, 0.4) is 0 Å². The number of amidine groups is 1. The molecule has 0 saturated carbocycles. The van der Waals surface area contributed by atoms with Crippen molar-refractivity contribution in [2.75, 3.05) is 0 Å². The number of hydrogen-bond donors (Lipinski definition) is 2. The van der Waals surface area contributed by atoms with Crippen molar-refractivity contribution in [2.24, 2.45) is 15.2 Å². The van der Waals surface area contributed by atoms with Gasteiger partial charge in [-0.25, -0.2) is 28.6 Å². The van der Waals surface area contributed by atoms with E-state index in [4.69, 9.17) is 4.42 Å². The van der Waals surface area contributed by atoms with Crippen LogP contribution in [-0.4, -0.2) is 39.8 Å². The first-order valence-electron chi connectivity index (χ1n) is 11.1. The summed E-state index contributed by atoms with van der Waals surface area (Å²) in [6, 6.07) is 2.86. The van der Waals surface area contributed by atoms with E-state index >= 15 is 0 Å². The molecule has 8 nitrogen and oxygen atoms in total. The topological polar surface area (TPSA) is 109 Å². The molecule has 0 saturated heterocycles. The minimum atomic E-state index is -5.15. The Morgan fingerprint density at radius 1 is 1.21 bits per heavy atom. The first-order chi connectivity index (χ1) is 17.7. The van der Waals surface area contributed by atoms with Crippen molar-refractivity contribution in [1.29, 1.82) is 0 Å². The molecule has 1 unspecified atom stereocenters. The second-order valence-corrected chi connectivity index (χ2v) is 8.02. The molecule has 198 valence electrons. The Labute approximate surface area is 228 Å². The van der Waals surface area contributed by atoms with E-state index < -0.39 is 24.2 Å². The number of hydrazone groups is 2. The summed E-state index contributed by atoms with van der Waals surface area (Å²) in [6.45, 7) is 1.82. The van der Waals surface area contributed by atoms with Gasteiger partial charge in [0, 0.05) is 17.5 Å². The van der Waals surface area contributed by atoms with Crippen LogP contribution < -0.4 is 10.5 Å². The number of nitrogens with one attached hydrogen (secondary N) is 1. The first kappa shape index (κ1) is 28.8. The van der Waals surface area contributed by atoms with Crippen LogP contribution in [0.25, 0.3) is 0 Å². The molecule has 4 aliphatic rings. The Kier molecular flexibility index (Phi) is 9.26. The Bertz CT molecular complexity index is 1250. The molecule has 0 fully saturated rings. The summed E-state index contributed by atoms with van der Waals surface area (Å²) in [5, 5.41) is 31.0. The number of nitrogens with zero attached hydrogens (tertiary/aromatic N) is 4. The van der Waals surface area contributed by atoms with Crippen LogP contribution in [0.15, 0.2) is 109 Å². The zero-order chi connectivity index (χ0) is 26.5. The van der Waals surface area contributed by atoms with Crippen LogP contribution in [0.1, 0.15) is 19.1 Å². The summed E-state index contributed by atoms with van der Waals surface area (Å²) in [7, 11) is 0. The molecule has 0 amide bonds. The molecule has 1 atom stereocenters. The summed E-state index contributed by atoms with van der Waals surface area (Å²) in [5.74, 6) is -0.935. The van der Waals surface area contributed by atoms with Crippen molar-refractivity contribution in [1.82, 2.24) is 10.4 Å². The minimum absolute atomic E-state index is 0. The molecule has 1 aromatic rings. The number of halogens is 3. The maximum Gasteiger partial charge on any atom is 2.00 e. The van der Waals surface area contributed by atoms with E-state index in [0.29, 0.717) is 0 Å². The zero-order valence-electron chi connectivity index (χ0n) is 19.9. The molecule has 3 heterocycles. The van der Waals surface area contributed by atoms with Crippen LogP contribution in [0, 0.1) is 19.3 Å². The van der Waals surface area contributed by atoms with Gasteiger partial charge in [0.05, 0.1) is 12.7 Å². The molecule has 0 aromatic carbocycles. The summed E-state index contributed by atoms with van der Waals surface area (Å²) >= 11 is 0. The number of dihydropyridines is 1. The van der Waals surface area contributed by atoms with E-state index in [1.807, 2.05) is 62.6 Å². The number of allylic oxidation sites excluding steroid dienone is 10. The SMILES string of the molecule is CC(N/N=C1C=C/C(=C(\[O-])N2N=C(c3ccco3)CC2(O)C(F)(F)F)C=N\1)=C1C=CC=C1.[CH]1[CH][CH-]C=C1.[Fe+2]. The van der Waals surface area contributed by atoms with Crippen molar-refractivity contribution in [3.05, 3.63) is 115 Å². The molecular formula is C26H22F3FeN5O3. The maximum atomic E-state index is 13.7. The number of rotatable bonds is 4. The third-order valence-electron chi connectivity index (χ3n) is 5.42. The van der Waals surface area contributed by atoms with Crippen molar-refractivity contribution >= 4 is 17.8 Å². The molecule has 12 heteroatoms. The van der Waals surface area contributed by atoms with Gasteiger partial charge in [-0.2, -0.15) is 23.4 Å². The fourth-order valence-corrected chi connectivity index (χ4v) is 3.41. The van der Waals surface area contributed by atoms with Gasteiger partial charge in [0.15, 0.2) is 5.84 Å². The van der Waals surface area contributed by atoms with Gasteiger partial charge >= 0.3 is 23.2 Å². The van der Waals surface area contributed by atoms with E-state index in [0.717, 1.165) is 17.5 Å². The third kappa shape index (κ3) is 6.39. The van der Waals surface area contributed by atoms with E-state index in [1.54, 1.807) is 0 Å². The fraction of sp³-hybridized carbons (Fsp3) is 0.154. The van der Waals surface area contributed by atoms with Crippen LogP contribution >= 0.6 is 0 Å². The summed E-state index contributed by atoms with van der Waals surface area (Å²) in [4.78, 5) is 3.98. The van der Waals surface area contributed by atoms with Crippen LogP contribution in [0.5, 0.6) is 0 Å². The van der Waals surface area contributed by atoms with Gasteiger partial charge in [0.25, 0.3) is 5.72 Å². The van der Waals surface area contributed by atoms with Crippen LogP contribution in [0.4, 0.5) is 13.2 Å². The average Bonchev–Trinajstić information content (AvgIpc) is 3.70. The second kappa shape index (κ2) is 12.2. The average molecular weight is 565 g/mol. The quantitative estimate of drug-likeness (QED) is 0.251. The van der Waals surface area contributed by atoms with Crippen molar-refractivity contribution in [3.63, 3.8) is 0 Å². The summed E-state index contributed by atoms with van der Waals surface area (Å²) < 4.78 is 46.0. The number of alkyl halides is 3. The summed E-state index contributed by atoms with van der Waals surface area (Å²) in [5.41, 5.74) is 0.610. The summed E-state index contributed by atoms with van der Waals surface area (Å²) in [6.07, 6.45) is 16.4. The van der Waals surface area contributed by atoms with Crippen molar-refractivity contribution in [2.45, 2.75) is 25.2 Å². The molecule has 2 N–H and O–H groups in total. The second-order valence-electron chi connectivity index (χ2n) is 8.02. The normalized spacial score (nSPS) is 23.7. The van der Waals surface area contributed by atoms with E-state index in [-0.39, 0.29) is 45.0 Å². The standard InChI is InChI=1S/C21H18F3N5O3.C5H5.Fe/c1-13(14-5-2-3-6-14)26-27-18-9-8-15(12-25-18)19(30)29-20(31,21(22,23)24)11-16(28-29)17-7-4-10-32-17;1-2-4-5-3-1;/h2-10,12,26,30-31H,11H2,1H3;1-5H;/q;-1;+2/p-1/b19-15+,27-18+;;. The molecule has 0 spiro atoms. The van der Waals surface area contributed by atoms with Gasteiger partial charge in [0.2, 0.25) is 0 Å². The van der Waals surface area contributed by atoms with E-state index in [9.17, 15) is 23.4 Å². The number of aliphatic hydroxyl groups is 1. The fourth-order valence-electron chi connectivity index (χ4n) is 3.41. The van der Waals surface area contributed by atoms with Crippen LogP contribution in [-0.2, 0) is 17.1 Å². The molecule has 38 heavy (non-hydrogen) atoms. The molecular weight excluding hydrogens is 543 g/mol. The third-order valence-corrected chi connectivity index (χ3v) is 5.42.